The number of anilines is 1. The Morgan fingerprint density at radius 3 is 2.61 bits per heavy atom. The Morgan fingerprint density at radius 1 is 1.22 bits per heavy atom. The molecule has 3 rings (SSSR count). The second kappa shape index (κ2) is 6.24. The van der Waals surface area contributed by atoms with Crippen molar-refractivity contribution in [1.82, 2.24) is 4.98 Å². The second-order valence-corrected chi connectivity index (χ2v) is 5.81. The van der Waals surface area contributed by atoms with E-state index in [0.717, 1.165) is 28.8 Å². The molecule has 0 spiro atoms. The lowest BCUT2D eigenvalue weighted by Crippen LogP contribution is -2.05. The molecule has 4 heteroatoms. The van der Waals surface area contributed by atoms with Gasteiger partial charge in [0, 0.05) is 18.2 Å². The Morgan fingerprint density at radius 2 is 1.96 bits per heavy atom. The lowest BCUT2D eigenvalue weighted by Gasteiger charge is -2.07. The molecule has 23 heavy (non-hydrogen) atoms. The molecule has 0 radical (unpaired) electrons. The largest absolute Gasteiger partial charge is 0.436 e. The standard InChI is InChI=1S/C19H20N2O2/c1-4-12(2)15-7-10-18-17(11-15)21-19(23-18)14-5-8-16(9-6-14)20-13(3)22/h5-12H,4H2,1-3H3,(H,20,22). The van der Waals surface area contributed by atoms with Crippen LogP contribution in [0, 0.1) is 0 Å². The summed E-state index contributed by atoms with van der Waals surface area (Å²) < 4.78 is 5.84. The van der Waals surface area contributed by atoms with Crippen molar-refractivity contribution >= 4 is 22.7 Å². The molecule has 2 aromatic carbocycles. The van der Waals surface area contributed by atoms with E-state index in [1.165, 1.54) is 12.5 Å². The summed E-state index contributed by atoms with van der Waals surface area (Å²) in [5.74, 6) is 1.02. The summed E-state index contributed by atoms with van der Waals surface area (Å²) in [6.07, 6.45) is 1.10. The highest BCUT2D eigenvalue weighted by atomic mass is 16.3. The van der Waals surface area contributed by atoms with Crippen LogP contribution in [0.3, 0.4) is 0 Å². The van der Waals surface area contributed by atoms with Gasteiger partial charge in [-0.3, -0.25) is 4.79 Å². The Kier molecular flexibility index (Phi) is 4.15. The third-order valence-electron chi connectivity index (χ3n) is 4.05. The lowest BCUT2D eigenvalue weighted by atomic mass is 9.98. The average molecular weight is 308 g/mol. The van der Waals surface area contributed by atoms with Crippen LogP contribution in [-0.2, 0) is 4.79 Å². The molecule has 118 valence electrons. The molecule has 1 heterocycles. The zero-order valence-electron chi connectivity index (χ0n) is 13.6. The fourth-order valence-corrected chi connectivity index (χ4v) is 2.51. The van der Waals surface area contributed by atoms with Gasteiger partial charge in [-0.05, 0) is 54.3 Å². The summed E-state index contributed by atoms with van der Waals surface area (Å²) in [7, 11) is 0. The zero-order chi connectivity index (χ0) is 16.4. The van der Waals surface area contributed by atoms with Gasteiger partial charge in [-0.15, -0.1) is 0 Å². The van der Waals surface area contributed by atoms with Gasteiger partial charge in [0.05, 0.1) is 0 Å². The predicted octanol–water partition coefficient (Wildman–Crippen LogP) is 4.97. The second-order valence-electron chi connectivity index (χ2n) is 5.81. The quantitative estimate of drug-likeness (QED) is 0.740. The summed E-state index contributed by atoms with van der Waals surface area (Å²) >= 11 is 0. The molecular weight excluding hydrogens is 288 g/mol. The van der Waals surface area contributed by atoms with Crippen molar-refractivity contribution in [3.8, 4) is 11.5 Å². The van der Waals surface area contributed by atoms with Gasteiger partial charge in [-0.2, -0.15) is 0 Å². The normalized spacial score (nSPS) is 12.3. The molecule has 4 nitrogen and oxygen atoms in total. The van der Waals surface area contributed by atoms with Gasteiger partial charge in [-0.25, -0.2) is 4.98 Å². The van der Waals surface area contributed by atoms with Crippen LogP contribution in [-0.4, -0.2) is 10.9 Å². The number of benzene rings is 2. The van der Waals surface area contributed by atoms with Gasteiger partial charge in [0.15, 0.2) is 5.58 Å². The molecule has 0 fully saturated rings. The Hall–Kier alpha value is -2.62. The van der Waals surface area contributed by atoms with Crippen molar-refractivity contribution in [2.75, 3.05) is 5.32 Å². The van der Waals surface area contributed by atoms with E-state index in [4.69, 9.17) is 4.42 Å². The first-order valence-electron chi connectivity index (χ1n) is 7.85. The summed E-state index contributed by atoms with van der Waals surface area (Å²) in [4.78, 5) is 15.7. The molecule has 0 saturated heterocycles. The van der Waals surface area contributed by atoms with E-state index in [-0.39, 0.29) is 5.91 Å². The van der Waals surface area contributed by atoms with Crippen molar-refractivity contribution in [1.29, 1.82) is 0 Å². The molecule has 1 N–H and O–H groups in total. The average Bonchev–Trinajstić information content (AvgIpc) is 2.97. The van der Waals surface area contributed by atoms with E-state index in [9.17, 15) is 4.79 Å². The van der Waals surface area contributed by atoms with Crippen molar-refractivity contribution in [2.24, 2.45) is 0 Å². The molecule has 0 aliphatic carbocycles. The van der Waals surface area contributed by atoms with Gasteiger partial charge in [-0.1, -0.05) is 19.9 Å². The number of rotatable bonds is 4. The summed E-state index contributed by atoms with van der Waals surface area (Å²) in [6, 6.07) is 13.7. The minimum atomic E-state index is -0.0859. The maximum Gasteiger partial charge on any atom is 0.227 e. The first-order chi connectivity index (χ1) is 11.1. The van der Waals surface area contributed by atoms with Crippen molar-refractivity contribution in [3.63, 3.8) is 0 Å². The zero-order valence-corrected chi connectivity index (χ0v) is 13.6. The topological polar surface area (TPSA) is 55.1 Å². The van der Waals surface area contributed by atoms with Crippen LogP contribution in [0.4, 0.5) is 5.69 Å². The third kappa shape index (κ3) is 3.26. The smallest absolute Gasteiger partial charge is 0.227 e. The number of hydrogen-bond donors (Lipinski definition) is 1. The van der Waals surface area contributed by atoms with Crippen LogP contribution in [0.1, 0.15) is 38.7 Å². The minimum absolute atomic E-state index is 0.0859. The van der Waals surface area contributed by atoms with E-state index < -0.39 is 0 Å². The lowest BCUT2D eigenvalue weighted by molar-refractivity contribution is -0.114. The van der Waals surface area contributed by atoms with Crippen LogP contribution in [0.25, 0.3) is 22.6 Å². The highest BCUT2D eigenvalue weighted by Crippen LogP contribution is 2.28. The van der Waals surface area contributed by atoms with Crippen molar-refractivity contribution < 1.29 is 9.21 Å². The van der Waals surface area contributed by atoms with E-state index >= 15 is 0 Å². The summed E-state index contributed by atoms with van der Waals surface area (Å²) in [5, 5.41) is 2.75. The number of nitrogens with zero attached hydrogens (tertiary/aromatic N) is 1. The molecule has 1 aromatic heterocycles. The summed E-state index contributed by atoms with van der Waals surface area (Å²) in [6.45, 7) is 5.88. The molecule has 1 amide bonds. The van der Waals surface area contributed by atoms with Gasteiger partial charge in [0.1, 0.15) is 5.52 Å². The fourth-order valence-electron chi connectivity index (χ4n) is 2.51. The molecule has 0 saturated carbocycles. The Bertz CT molecular complexity index is 834. The molecule has 1 atom stereocenters. The van der Waals surface area contributed by atoms with Crippen LogP contribution in [0.2, 0.25) is 0 Å². The number of fused-ring (bicyclic) bond motifs is 1. The van der Waals surface area contributed by atoms with Gasteiger partial charge in [0.25, 0.3) is 0 Å². The number of aromatic nitrogens is 1. The van der Waals surface area contributed by atoms with Gasteiger partial charge in [0.2, 0.25) is 11.8 Å². The third-order valence-corrected chi connectivity index (χ3v) is 4.05. The molecule has 0 aliphatic rings. The maximum absolute atomic E-state index is 11.1. The number of carbonyl (C=O) groups excluding carboxylic acids is 1. The number of nitrogens with one attached hydrogen (secondary N) is 1. The monoisotopic (exact) mass is 308 g/mol. The molecule has 0 aliphatic heterocycles. The number of carbonyl (C=O) groups is 1. The van der Waals surface area contributed by atoms with E-state index in [1.54, 1.807) is 0 Å². The SMILES string of the molecule is CCC(C)c1ccc2oc(-c3ccc(NC(C)=O)cc3)nc2c1. The van der Waals surface area contributed by atoms with E-state index in [1.807, 2.05) is 30.3 Å². The van der Waals surface area contributed by atoms with Crippen LogP contribution in [0.5, 0.6) is 0 Å². The van der Waals surface area contributed by atoms with Gasteiger partial charge < -0.3 is 9.73 Å². The Balaban J connectivity index is 1.92. The first-order valence-corrected chi connectivity index (χ1v) is 7.85. The summed E-state index contributed by atoms with van der Waals surface area (Å²) in [5.41, 5.74) is 4.60. The Labute approximate surface area is 135 Å². The number of amides is 1. The highest BCUT2D eigenvalue weighted by Gasteiger charge is 2.11. The minimum Gasteiger partial charge on any atom is -0.436 e. The molecule has 1 unspecified atom stereocenters. The van der Waals surface area contributed by atoms with Crippen molar-refractivity contribution in [3.05, 3.63) is 48.0 Å². The first kappa shape index (κ1) is 15.3. The van der Waals surface area contributed by atoms with E-state index in [2.05, 4.69) is 36.3 Å². The van der Waals surface area contributed by atoms with E-state index in [0.29, 0.717) is 11.8 Å². The molecule has 0 bridgehead atoms. The highest BCUT2D eigenvalue weighted by molar-refractivity contribution is 5.89. The predicted molar refractivity (Wildman–Crippen MR) is 92.5 cm³/mol. The molecular formula is C19H20N2O2. The van der Waals surface area contributed by atoms with Crippen LogP contribution >= 0.6 is 0 Å². The van der Waals surface area contributed by atoms with Crippen LogP contribution < -0.4 is 5.32 Å². The molecule has 3 aromatic rings. The maximum atomic E-state index is 11.1. The van der Waals surface area contributed by atoms with Crippen molar-refractivity contribution in [2.45, 2.75) is 33.1 Å². The number of hydrogen-bond acceptors (Lipinski definition) is 3. The fraction of sp³-hybridized carbons (Fsp3) is 0.263. The number of oxazole rings is 1. The van der Waals surface area contributed by atoms with Crippen LogP contribution in [0.15, 0.2) is 46.9 Å². The van der Waals surface area contributed by atoms with Gasteiger partial charge >= 0.3 is 0 Å².